The van der Waals surface area contributed by atoms with Crippen molar-refractivity contribution in [2.45, 2.75) is 29.8 Å². The number of nitrogens with zero attached hydrogens (tertiary/aromatic N) is 1. The molecule has 0 aliphatic carbocycles. The van der Waals surface area contributed by atoms with Gasteiger partial charge in [0.15, 0.2) is 11.5 Å². The zero-order valence-electron chi connectivity index (χ0n) is 21.5. The molecule has 15 heteroatoms. The quantitative estimate of drug-likeness (QED) is 0.133. The van der Waals surface area contributed by atoms with E-state index in [1.54, 1.807) is 31.2 Å². The van der Waals surface area contributed by atoms with Crippen molar-refractivity contribution < 1.29 is 36.6 Å². The van der Waals surface area contributed by atoms with Crippen LogP contribution < -0.4 is 25.7 Å². The molecule has 40 heavy (non-hydrogen) atoms. The van der Waals surface area contributed by atoms with Crippen LogP contribution in [0.25, 0.3) is 10.4 Å². The first-order valence-electron chi connectivity index (χ1n) is 12.1. The summed E-state index contributed by atoms with van der Waals surface area (Å²) in [6.45, 7) is 3.44. The minimum atomic E-state index is -5.14. The molecule has 0 amide bonds. The van der Waals surface area contributed by atoms with Crippen molar-refractivity contribution in [3.63, 3.8) is 0 Å². The van der Waals surface area contributed by atoms with Gasteiger partial charge in [0, 0.05) is 10.4 Å². The molecule has 0 aliphatic heterocycles. The maximum atomic E-state index is 14.1. The largest absolute Gasteiger partial charge is 0.490 e. The number of benzene rings is 2. The summed E-state index contributed by atoms with van der Waals surface area (Å²) in [5.41, 5.74) is 11.8. The summed E-state index contributed by atoms with van der Waals surface area (Å²) < 4.78 is 66.3. The number of ether oxygens (including phenoxy) is 2. The molecule has 0 radical (unpaired) electrons. The molecule has 0 saturated heterocycles. The fourth-order valence-corrected chi connectivity index (χ4v) is 7.67. The average Bonchev–Trinajstić information content (AvgIpc) is 3.39. The molecule has 1 aromatic heterocycles. The van der Waals surface area contributed by atoms with Gasteiger partial charge in [-0.25, -0.2) is 12.8 Å². The molecule has 3 rings (SSSR count). The number of hydrogen-bond donors (Lipinski definition) is 5. The summed E-state index contributed by atoms with van der Waals surface area (Å²) in [6, 6.07) is 10.8. The highest BCUT2D eigenvalue weighted by atomic mass is 32.2. The second-order valence-electron chi connectivity index (χ2n) is 8.63. The van der Waals surface area contributed by atoms with Gasteiger partial charge < -0.3 is 30.7 Å². The second kappa shape index (κ2) is 13.7. The van der Waals surface area contributed by atoms with E-state index >= 15 is 0 Å². The summed E-state index contributed by atoms with van der Waals surface area (Å²) in [5.74, 6) is -2.11. The summed E-state index contributed by atoms with van der Waals surface area (Å²) in [5, 5.41) is 8.92. The Hall–Kier alpha value is -2.86. The molecule has 1 heterocycles. The van der Waals surface area contributed by atoms with Crippen molar-refractivity contribution in [3.05, 3.63) is 65.0 Å². The van der Waals surface area contributed by atoms with Gasteiger partial charge in [-0.05, 0) is 80.4 Å². The van der Waals surface area contributed by atoms with Crippen LogP contribution in [0, 0.1) is 24.1 Å². The Balaban J connectivity index is 1.95. The fourth-order valence-electron chi connectivity index (χ4n) is 3.69. The van der Waals surface area contributed by atoms with Gasteiger partial charge in [0.2, 0.25) is 0 Å². The number of nitrogens with two attached hydrogens (primary N) is 2. The molecule has 0 fully saturated rings. The zero-order valence-corrected chi connectivity index (χ0v) is 24.1. The van der Waals surface area contributed by atoms with Crippen LogP contribution in [-0.4, -0.2) is 44.5 Å². The first-order chi connectivity index (χ1) is 18.9. The first kappa shape index (κ1) is 31.7. The lowest BCUT2D eigenvalue weighted by atomic mass is 10.1. The van der Waals surface area contributed by atoms with E-state index in [2.05, 4.69) is 0 Å². The van der Waals surface area contributed by atoms with E-state index in [0.717, 1.165) is 29.5 Å². The molecule has 216 valence electrons. The molecule has 11 nitrogen and oxygen atoms in total. The molecule has 0 aliphatic rings. The van der Waals surface area contributed by atoms with Crippen LogP contribution in [0.5, 0.6) is 11.5 Å². The van der Waals surface area contributed by atoms with E-state index in [4.69, 9.17) is 26.2 Å². The summed E-state index contributed by atoms with van der Waals surface area (Å²) in [6.07, 6.45) is 1.26. The monoisotopic (exact) mass is 612 g/mol. The van der Waals surface area contributed by atoms with E-state index in [1.807, 2.05) is 4.72 Å². The van der Waals surface area contributed by atoms with E-state index in [-0.39, 0.29) is 15.3 Å². The van der Waals surface area contributed by atoms with Gasteiger partial charge in [-0.2, -0.15) is 9.98 Å². The van der Waals surface area contributed by atoms with Gasteiger partial charge in [0.05, 0.1) is 18.8 Å². The summed E-state index contributed by atoms with van der Waals surface area (Å²) >= 11 is 0.875. The summed E-state index contributed by atoms with van der Waals surface area (Å²) in [4.78, 5) is 20.3. The first-order valence-corrected chi connectivity index (χ1v) is 16.1. The van der Waals surface area contributed by atoms with Gasteiger partial charge >= 0.3 is 7.60 Å². The number of halogens is 1. The molecular formula is C25H30FN4O7PS2. The van der Waals surface area contributed by atoms with Crippen LogP contribution in [0.3, 0.4) is 0 Å². The standard InChI is InChI=1S/C25H30FN4O7PS2/c1-16-19(6-7-21(36-12-2-10-27)24(16)37-13-3-11-28)22-8-9-23(39-22)40(34,35)30-25(38(31,32)33)17-4-5-18(15-29)20(26)14-17/h4-9,14,25,30H,2-3,10-13,27-28H2,1H3,(H2,31,32,33). The van der Waals surface area contributed by atoms with Crippen LogP contribution in [0.4, 0.5) is 4.39 Å². The fraction of sp³-hybridized carbons (Fsp3) is 0.320. The average molecular weight is 613 g/mol. The highest BCUT2D eigenvalue weighted by Crippen LogP contribution is 2.51. The predicted molar refractivity (Wildman–Crippen MR) is 149 cm³/mol. The lowest BCUT2D eigenvalue weighted by Gasteiger charge is -2.20. The van der Waals surface area contributed by atoms with Gasteiger partial charge in [0.25, 0.3) is 10.0 Å². The molecule has 7 N–H and O–H groups in total. The van der Waals surface area contributed by atoms with Crippen LogP contribution in [0.15, 0.2) is 46.7 Å². The van der Waals surface area contributed by atoms with Crippen molar-refractivity contribution in [2.24, 2.45) is 11.5 Å². The lowest BCUT2D eigenvalue weighted by molar-refractivity contribution is 0.264. The Labute approximate surface area is 235 Å². The van der Waals surface area contributed by atoms with E-state index < -0.39 is 29.2 Å². The lowest BCUT2D eigenvalue weighted by Crippen LogP contribution is -2.28. The molecule has 1 atom stereocenters. The summed E-state index contributed by atoms with van der Waals surface area (Å²) in [7, 11) is -9.60. The molecule has 0 bridgehead atoms. The Kier molecular flexibility index (Phi) is 10.8. The number of rotatable bonds is 14. The Bertz CT molecular complexity index is 1540. The molecule has 1 unspecified atom stereocenters. The minimum absolute atomic E-state index is 0.219. The zero-order chi connectivity index (χ0) is 29.5. The number of nitrogens with one attached hydrogen (secondary N) is 1. The molecule has 0 saturated carbocycles. The third kappa shape index (κ3) is 7.66. The number of sulfonamides is 1. The third-order valence-corrected chi connectivity index (χ3v) is 10.0. The normalized spacial score (nSPS) is 12.6. The van der Waals surface area contributed by atoms with Crippen molar-refractivity contribution in [1.82, 2.24) is 4.72 Å². The number of nitriles is 1. The number of hydrogen-bond acceptors (Lipinski definition) is 9. The van der Waals surface area contributed by atoms with Crippen molar-refractivity contribution in [3.8, 4) is 28.0 Å². The van der Waals surface area contributed by atoms with Gasteiger partial charge in [0.1, 0.15) is 21.9 Å². The highest BCUT2D eigenvalue weighted by molar-refractivity contribution is 7.92. The highest BCUT2D eigenvalue weighted by Gasteiger charge is 2.36. The Morgan fingerprint density at radius 1 is 1.10 bits per heavy atom. The maximum Gasteiger partial charge on any atom is 0.347 e. The van der Waals surface area contributed by atoms with Crippen molar-refractivity contribution >= 4 is 29.0 Å². The van der Waals surface area contributed by atoms with Gasteiger partial charge in [-0.3, -0.25) is 4.57 Å². The predicted octanol–water partition coefficient (Wildman–Crippen LogP) is 3.34. The maximum absolute atomic E-state index is 14.1. The number of thiophene rings is 1. The second-order valence-corrected chi connectivity index (χ2v) is 13.3. The van der Waals surface area contributed by atoms with E-state index in [0.29, 0.717) is 66.6 Å². The van der Waals surface area contributed by atoms with Crippen molar-refractivity contribution in [1.29, 1.82) is 5.26 Å². The van der Waals surface area contributed by atoms with Crippen LogP contribution in [-0.2, 0) is 14.6 Å². The SMILES string of the molecule is Cc1c(-c2ccc(S(=O)(=O)NC(c3ccc(C#N)c(F)c3)P(=O)(O)O)s2)ccc(OCCCN)c1OCCCN. The minimum Gasteiger partial charge on any atom is -0.490 e. The topological polar surface area (TPSA) is 198 Å². The van der Waals surface area contributed by atoms with Gasteiger partial charge in [-0.15, -0.1) is 11.3 Å². The van der Waals surface area contributed by atoms with Crippen LogP contribution in [0.2, 0.25) is 0 Å². The van der Waals surface area contributed by atoms with Gasteiger partial charge in [-0.1, -0.05) is 6.07 Å². The van der Waals surface area contributed by atoms with Crippen molar-refractivity contribution in [2.75, 3.05) is 26.3 Å². The van der Waals surface area contributed by atoms with Crippen LogP contribution >= 0.6 is 18.9 Å². The smallest absolute Gasteiger partial charge is 0.347 e. The molecule has 3 aromatic rings. The Morgan fingerprint density at radius 3 is 2.38 bits per heavy atom. The molecule has 2 aromatic carbocycles. The molecule has 0 spiro atoms. The molecular weight excluding hydrogens is 582 g/mol. The third-order valence-electron chi connectivity index (χ3n) is 5.71. The van der Waals surface area contributed by atoms with Crippen LogP contribution in [0.1, 0.15) is 35.3 Å². The Morgan fingerprint density at radius 2 is 1.77 bits per heavy atom. The van der Waals surface area contributed by atoms with E-state index in [9.17, 15) is 27.2 Å². The van der Waals surface area contributed by atoms with E-state index in [1.165, 1.54) is 6.07 Å².